The van der Waals surface area contributed by atoms with E-state index in [-0.39, 0.29) is 18.0 Å². The summed E-state index contributed by atoms with van der Waals surface area (Å²) >= 11 is 1.60. The number of nitrogens with one attached hydrogen (secondary N) is 1. The Kier molecular flexibility index (Phi) is 6.64. The van der Waals surface area contributed by atoms with Crippen molar-refractivity contribution in [2.24, 2.45) is 5.92 Å². The van der Waals surface area contributed by atoms with E-state index >= 15 is 0 Å². The lowest BCUT2D eigenvalue weighted by Crippen LogP contribution is -2.24. The second-order valence-corrected chi connectivity index (χ2v) is 6.10. The average Bonchev–Trinajstić information content (AvgIpc) is 2.73. The maximum atomic E-state index is 11.6. The normalized spacial score (nSPS) is 10.8. The average molecular weight is 299 g/mol. The van der Waals surface area contributed by atoms with Crippen LogP contribution < -0.4 is 5.32 Å². The lowest BCUT2D eigenvalue weighted by atomic mass is 10.2. The van der Waals surface area contributed by atoms with Crippen molar-refractivity contribution < 1.29 is 19.1 Å². The fraction of sp³-hybridized carbons (Fsp3) is 0.571. The summed E-state index contributed by atoms with van der Waals surface area (Å²) in [5, 5.41) is 11.6. The maximum absolute atomic E-state index is 11.6. The van der Waals surface area contributed by atoms with Crippen molar-refractivity contribution in [3.8, 4) is 0 Å². The number of aryl methyl sites for hydroxylation is 1. The van der Waals surface area contributed by atoms with Gasteiger partial charge in [0.2, 0.25) is 5.91 Å². The Morgan fingerprint density at radius 3 is 2.70 bits per heavy atom. The van der Waals surface area contributed by atoms with Gasteiger partial charge < -0.3 is 14.8 Å². The fourth-order valence-electron chi connectivity index (χ4n) is 1.56. The van der Waals surface area contributed by atoms with Crippen molar-refractivity contribution in [3.63, 3.8) is 0 Å². The number of thioether (sulfide) groups is 1. The third-order valence-corrected chi connectivity index (χ3v) is 3.72. The third-order valence-electron chi connectivity index (χ3n) is 2.73. The van der Waals surface area contributed by atoms with E-state index in [0.717, 1.165) is 12.2 Å². The van der Waals surface area contributed by atoms with E-state index in [1.165, 1.54) is 6.07 Å². The van der Waals surface area contributed by atoms with Gasteiger partial charge >= 0.3 is 5.97 Å². The number of hydrogen-bond acceptors (Lipinski definition) is 4. The molecule has 6 heteroatoms. The molecule has 0 aliphatic rings. The zero-order valence-electron chi connectivity index (χ0n) is 12.1. The molecule has 2 N–H and O–H groups in total. The van der Waals surface area contributed by atoms with E-state index in [4.69, 9.17) is 9.52 Å². The molecule has 0 aliphatic carbocycles. The summed E-state index contributed by atoms with van der Waals surface area (Å²) < 4.78 is 5.28. The van der Waals surface area contributed by atoms with Gasteiger partial charge in [-0.25, -0.2) is 4.79 Å². The molecule has 20 heavy (non-hydrogen) atoms. The molecular weight excluding hydrogens is 278 g/mol. The summed E-state index contributed by atoms with van der Waals surface area (Å²) in [5.41, 5.74) is 0.139. The number of aromatic carboxylic acids is 1. The lowest BCUT2D eigenvalue weighted by molar-refractivity contribution is -0.118. The first-order valence-corrected chi connectivity index (χ1v) is 7.72. The molecule has 0 fully saturated rings. The first kappa shape index (κ1) is 16.6. The van der Waals surface area contributed by atoms with Crippen LogP contribution in [-0.2, 0) is 11.3 Å². The SMILES string of the molecule is Cc1oc(CNC(=O)CSCCC(C)C)cc1C(=O)O. The van der Waals surface area contributed by atoms with E-state index in [1.54, 1.807) is 18.7 Å². The van der Waals surface area contributed by atoms with Crippen LogP contribution in [0.2, 0.25) is 0 Å². The third kappa shape index (κ3) is 5.69. The fourth-order valence-corrected chi connectivity index (χ4v) is 2.63. The maximum Gasteiger partial charge on any atom is 0.339 e. The van der Waals surface area contributed by atoms with Gasteiger partial charge in [-0.1, -0.05) is 13.8 Å². The Hall–Kier alpha value is -1.43. The van der Waals surface area contributed by atoms with E-state index < -0.39 is 5.97 Å². The van der Waals surface area contributed by atoms with E-state index in [0.29, 0.717) is 23.2 Å². The predicted octanol–water partition coefficient (Wildman–Crippen LogP) is 2.68. The highest BCUT2D eigenvalue weighted by molar-refractivity contribution is 7.99. The Bertz CT molecular complexity index is 468. The van der Waals surface area contributed by atoms with Crippen LogP contribution in [0.25, 0.3) is 0 Å². The summed E-state index contributed by atoms with van der Waals surface area (Å²) in [6.07, 6.45) is 1.09. The predicted molar refractivity (Wildman–Crippen MR) is 79.0 cm³/mol. The highest BCUT2D eigenvalue weighted by Gasteiger charge is 2.14. The van der Waals surface area contributed by atoms with Gasteiger partial charge in [0.25, 0.3) is 0 Å². The smallest absolute Gasteiger partial charge is 0.339 e. The molecule has 0 saturated heterocycles. The summed E-state index contributed by atoms with van der Waals surface area (Å²) in [5.74, 6) is 1.75. The van der Waals surface area contributed by atoms with Crippen molar-refractivity contribution >= 4 is 23.6 Å². The first-order valence-electron chi connectivity index (χ1n) is 6.57. The molecule has 0 bridgehead atoms. The molecule has 0 aliphatic heterocycles. The van der Waals surface area contributed by atoms with E-state index in [1.807, 2.05) is 0 Å². The van der Waals surface area contributed by atoms with Gasteiger partial charge in [0.15, 0.2) is 0 Å². The number of carboxylic acids is 1. The van der Waals surface area contributed by atoms with Gasteiger partial charge in [-0.15, -0.1) is 0 Å². The van der Waals surface area contributed by atoms with Crippen LogP contribution in [0.1, 0.15) is 42.1 Å². The Balaban J connectivity index is 2.30. The molecule has 5 nitrogen and oxygen atoms in total. The highest BCUT2D eigenvalue weighted by atomic mass is 32.2. The summed E-state index contributed by atoms with van der Waals surface area (Å²) in [4.78, 5) is 22.4. The number of rotatable bonds is 8. The molecule has 0 aromatic carbocycles. The van der Waals surface area contributed by atoms with Crippen LogP contribution >= 0.6 is 11.8 Å². The summed E-state index contributed by atoms with van der Waals surface area (Å²) in [7, 11) is 0. The molecule has 1 amide bonds. The molecule has 0 unspecified atom stereocenters. The van der Waals surface area contributed by atoms with Crippen molar-refractivity contribution in [1.82, 2.24) is 5.32 Å². The monoisotopic (exact) mass is 299 g/mol. The molecule has 112 valence electrons. The number of carbonyl (C=O) groups excluding carboxylic acids is 1. The van der Waals surface area contributed by atoms with Gasteiger partial charge in [0, 0.05) is 0 Å². The minimum atomic E-state index is -1.02. The largest absolute Gasteiger partial charge is 0.478 e. The molecule has 1 rings (SSSR count). The van der Waals surface area contributed by atoms with Crippen LogP contribution in [0.5, 0.6) is 0 Å². The zero-order valence-corrected chi connectivity index (χ0v) is 12.9. The highest BCUT2D eigenvalue weighted by Crippen LogP contribution is 2.14. The Morgan fingerprint density at radius 2 is 2.15 bits per heavy atom. The molecule has 1 aromatic heterocycles. The van der Waals surface area contributed by atoms with Crippen molar-refractivity contribution in [2.45, 2.75) is 33.7 Å². The van der Waals surface area contributed by atoms with Crippen LogP contribution in [0, 0.1) is 12.8 Å². The van der Waals surface area contributed by atoms with Crippen LogP contribution in [0.15, 0.2) is 10.5 Å². The minimum Gasteiger partial charge on any atom is -0.478 e. The van der Waals surface area contributed by atoms with Crippen molar-refractivity contribution in [1.29, 1.82) is 0 Å². The number of hydrogen-bond donors (Lipinski definition) is 2. The summed E-state index contributed by atoms with van der Waals surface area (Å²) in [6.45, 7) is 6.12. The second-order valence-electron chi connectivity index (χ2n) is 5.00. The number of carboxylic acid groups (broad SMARTS) is 1. The molecule has 1 aromatic rings. The second kappa shape index (κ2) is 7.99. The molecule has 0 saturated carbocycles. The Morgan fingerprint density at radius 1 is 1.45 bits per heavy atom. The molecule has 1 heterocycles. The zero-order chi connectivity index (χ0) is 15.1. The first-order chi connectivity index (χ1) is 9.40. The van der Waals surface area contributed by atoms with E-state index in [9.17, 15) is 9.59 Å². The van der Waals surface area contributed by atoms with Gasteiger partial charge in [-0.2, -0.15) is 11.8 Å². The van der Waals surface area contributed by atoms with Gasteiger partial charge in [0.05, 0.1) is 12.3 Å². The lowest BCUT2D eigenvalue weighted by Gasteiger charge is -2.05. The molecule has 0 atom stereocenters. The van der Waals surface area contributed by atoms with Crippen LogP contribution in [-0.4, -0.2) is 28.5 Å². The van der Waals surface area contributed by atoms with Crippen LogP contribution in [0.4, 0.5) is 0 Å². The van der Waals surface area contributed by atoms with Gasteiger partial charge in [-0.05, 0) is 31.1 Å². The quantitative estimate of drug-likeness (QED) is 0.721. The molecule has 0 radical (unpaired) electrons. The van der Waals surface area contributed by atoms with Gasteiger partial charge in [0.1, 0.15) is 17.1 Å². The molecular formula is C14H21NO4S. The number of amides is 1. The number of carbonyl (C=O) groups is 2. The van der Waals surface area contributed by atoms with Gasteiger partial charge in [-0.3, -0.25) is 4.79 Å². The summed E-state index contributed by atoms with van der Waals surface area (Å²) in [6, 6.07) is 1.45. The van der Waals surface area contributed by atoms with Crippen LogP contribution in [0.3, 0.4) is 0 Å². The standard InChI is InChI=1S/C14H21NO4S/c1-9(2)4-5-20-8-13(16)15-7-11-6-12(14(17)18)10(3)19-11/h6,9H,4-5,7-8H2,1-3H3,(H,15,16)(H,17,18). The van der Waals surface area contributed by atoms with Crippen molar-refractivity contribution in [2.75, 3.05) is 11.5 Å². The number of furan rings is 1. The topological polar surface area (TPSA) is 79.5 Å². The molecule has 0 spiro atoms. The minimum absolute atomic E-state index is 0.0651. The van der Waals surface area contributed by atoms with Crippen molar-refractivity contribution in [3.05, 3.63) is 23.2 Å². The van der Waals surface area contributed by atoms with E-state index in [2.05, 4.69) is 19.2 Å². The Labute approximate surface area is 123 Å².